The first kappa shape index (κ1) is 23.0. The molecule has 1 amide bonds. The number of carbonyl (C=O) groups is 2. The van der Waals surface area contributed by atoms with Gasteiger partial charge in [-0.1, -0.05) is 11.6 Å². The molecule has 0 aliphatic heterocycles. The Balaban J connectivity index is 1.79. The molecule has 1 aromatic rings. The Bertz CT molecular complexity index is 852. The Morgan fingerprint density at radius 3 is 2.55 bits per heavy atom. The highest BCUT2D eigenvalue weighted by molar-refractivity contribution is 7.89. The molecule has 0 unspecified atom stereocenters. The van der Waals surface area contributed by atoms with Crippen molar-refractivity contribution in [2.45, 2.75) is 50.0 Å². The van der Waals surface area contributed by atoms with E-state index in [0.29, 0.717) is 6.54 Å². The first-order valence-electron chi connectivity index (χ1n) is 9.57. The van der Waals surface area contributed by atoms with Gasteiger partial charge >= 0.3 is 5.97 Å². The molecule has 29 heavy (non-hydrogen) atoms. The minimum absolute atomic E-state index is 0.142. The van der Waals surface area contributed by atoms with Crippen LogP contribution in [0.3, 0.4) is 0 Å². The Labute approximate surface area is 171 Å². The van der Waals surface area contributed by atoms with Crippen molar-refractivity contribution in [1.29, 1.82) is 0 Å². The topological polar surface area (TPSA) is 92.8 Å². The van der Waals surface area contributed by atoms with E-state index in [0.717, 1.165) is 47.8 Å². The van der Waals surface area contributed by atoms with Gasteiger partial charge < -0.3 is 10.1 Å². The van der Waals surface area contributed by atoms with Gasteiger partial charge in [-0.3, -0.25) is 9.59 Å². The van der Waals surface area contributed by atoms with Crippen LogP contribution < -0.4 is 5.32 Å². The molecule has 1 aromatic carbocycles. The van der Waals surface area contributed by atoms with Crippen molar-refractivity contribution in [3.63, 3.8) is 0 Å². The van der Waals surface area contributed by atoms with E-state index in [-0.39, 0.29) is 4.90 Å². The molecule has 1 N–H and O–H groups in total. The highest BCUT2D eigenvalue weighted by Gasteiger charge is 2.25. The summed E-state index contributed by atoms with van der Waals surface area (Å²) < 4.78 is 43.6. The van der Waals surface area contributed by atoms with E-state index in [1.165, 1.54) is 32.4 Å². The van der Waals surface area contributed by atoms with Gasteiger partial charge in [0.05, 0.1) is 4.90 Å². The van der Waals surface area contributed by atoms with E-state index in [9.17, 15) is 22.4 Å². The highest BCUT2D eigenvalue weighted by atomic mass is 32.2. The third kappa shape index (κ3) is 6.93. The predicted octanol–water partition coefficient (Wildman–Crippen LogP) is 2.38. The number of hydrogen-bond donors (Lipinski definition) is 1. The normalized spacial score (nSPS) is 15.5. The van der Waals surface area contributed by atoms with E-state index in [1.54, 1.807) is 0 Å². The number of halogens is 1. The van der Waals surface area contributed by atoms with Crippen LogP contribution in [-0.4, -0.2) is 50.8 Å². The summed E-state index contributed by atoms with van der Waals surface area (Å²) in [7, 11) is -2.76. The van der Waals surface area contributed by atoms with Gasteiger partial charge in [0.2, 0.25) is 10.0 Å². The largest absolute Gasteiger partial charge is 0.452 e. The smallest absolute Gasteiger partial charge is 0.322 e. The minimum atomic E-state index is -3.97. The number of likely N-dealkylation sites (N-methyl/N-ethyl adjacent to an activating group) is 1. The van der Waals surface area contributed by atoms with Gasteiger partial charge in [-0.05, 0) is 63.3 Å². The van der Waals surface area contributed by atoms with Gasteiger partial charge in [0, 0.05) is 13.6 Å². The molecule has 1 atom stereocenters. The fraction of sp³-hybridized carbons (Fsp3) is 0.500. The second kappa shape index (κ2) is 10.5. The number of hydrogen-bond acceptors (Lipinski definition) is 5. The average molecular weight is 427 g/mol. The average Bonchev–Trinajstić information content (AvgIpc) is 2.68. The quantitative estimate of drug-likeness (QED) is 0.483. The summed E-state index contributed by atoms with van der Waals surface area (Å²) in [6, 6.07) is 4.28. The molecule has 0 bridgehead atoms. The summed E-state index contributed by atoms with van der Waals surface area (Å²) in [6.45, 7) is 1.33. The summed E-state index contributed by atoms with van der Waals surface area (Å²) in [5, 5.41) is 2.73. The maximum absolute atomic E-state index is 13.0. The van der Waals surface area contributed by atoms with Gasteiger partial charge in [-0.25, -0.2) is 12.8 Å². The molecule has 0 saturated heterocycles. The molecule has 0 heterocycles. The molecule has 0 fully saturated rings. The Morgan fingerprint density at radius 1 is 1.24 bits per heavy atom. The fourth-order valence-corrected chi connectivity index (χ4v) is 4.08. The number of sulfonamides is 1. The van der Waals surface area contributed by atoms with Crippen molar-refractivity contribution in [1.82, 2.24) is 9.62 Å². The molecular weight excluding hydrogens is 399 g/mol. The Kier molecular flexibility index (Phi) is 8.33. The van der Waals surface area contributed by atoms with Crippen molar-refractivity contribution in [2.75, 3.05) is 20.1 Å². The molecule has 0 radical (unpaired) electrons. The number of ether oxygens (including phenoxy) is 1. The molecule has 2 rings (SSSR count). The van der Waals surface area contributed by atoms with Crippen LogP contribution in [-0.2, 0) is 24.3 Å². The zero-order valence-corrected chi connectivity index (χ0v) is 17.5. The summed E-state index contributed by atoms with van der Waals surface area (Å²) >= 11 is 0. The van der Waals surface area contributed by atoms with E-state index < -0.39 is 40.4 Å². The molecule has 1 aliphatic rings. The van der Waals surface area contributed by atoms with Crippen LogP contribution in [0.2, 0.25) is 0 Å². The van der Waals surface area contributed by atoms with Crippen LogP contribution in [0.1, 0.15) is 39.0 Å². The van der Waals surface area contributed by atoms with Gasteiger partial charge in [0.1, 0.15) is 12.4 Å². The van der Waals surface area contributed by atoms with Crippen LogP contribution in [0.25, 0.3) is 0 Å². The summed E-state index contributed by atoms with van der Waals surface area (Å²) in [6.07, 6.45) is 6.43. The van der Waals surface area contributed by atoms with Crippen molar-refractivity contribution < 1.29 is 27.1 Å². The van der Waals surface area contributed by atoms with Crippen LogP contribution in [0, 0.1) is 5.82 Å². The number of esters is 1. The van der Waals surface area contributed by atoms with E-state index in [1.807, 2.05) is 0 Å². The zero-order valence-electron chi connectivity index (χ0n) is 16.7. The number of rotatable bonds is 9. The van der Waals surface area contributed by atoms with Gasteiger partial charge in [0.25, 0.3) is 5.91 Å². The zero-order chi connectivity index (χ0) is 21.4. The third-order valence-electron chi connectivity index (χ3n) is 4.68. The first-order valence-corrected chi connectivity index (χ1v) is 11.0. The Hall–Kier alpha value is -2.26. The number of nitrogens with one attached hydrogen (secondary N) is 1. The lowest BCUT2D eigenvalue weighted by Crippen LogP contribution is -2.39. The highest BCUT2D eigenvalue weighted by Crippen LogP contribution is 2.19. The second-order valence-electron chi connectivity index (χ2n) is 7.00. The molecule has 1 aliphatic carbocycles. The maximum Gasteiger partial charge on any atom is 0.322 e. The second-order valence-corrected chi connectivity index (χ2v) is 9.04. The van der Waals surface area contributed by atoms with Gasteiger partial charge in [0.15, 0.2) is 6.10 Å². The van der Waals surface area contributed by atoms with Crippen LogP contribution in [0.4, 0.5) is 4.39 Å². The number of allylic oxidation sites excluding steroid dienone is 1. The SMILES string of the molecule is C[C@@H](OC(=O)CN(C)S(=O)(=O)c1ccc(F)cc1)C(=O)NCCC1=CCCCC1. The lowest BCUT2D eigenvalue weighted by atomic mass is 9.97. The number of nitrogens with zero attached hydrogens (tertiary/aromatic N) is 1. The predicted molar refractivity (Wildman–Crippen MR) is 106 cm³/mol. The molecule has 160 valence electrons. The fourth-order valence-electron chi connectivity index (χ4n) is 2.96. The number of amides is 1. The molecule has 7 nitrogen and oxygen atoms in total. The molecule has 0 saturated carbocycles. The molecule has 0 aromatic heterocycles. The van der Waals surface area contributed by atoms with Crippen molar-refractivity contribution in [3.05, 3.63) is 41.7 Å². The maximum atomic E-state index is 13.0. The number of benzene rings is 1. The lowest BCUT2D eigenvalue weighted by Gasteiger charge is -2.19. The van der Waals surface area contributed by atoms with Crippen LogP contribution in [0.5, 0.6) is 0 Å². The number of carbonyl (C=O) groups excluding carboxylic acids is 2. The third-order valence-corrected chi connectivity index (χ3v) is 6.50. The van der Waals surface area contributed by atoms with E-state index in [4.69, 9.17) is 4.74 Å². The molecule has 9 heteroatoms. The van der Waals surface area contributed by atoms with Gasteiger partial charge in [-0.15, -0.1) is 0 Å². The first-order chi connectivity index (χ1) is 13.7. The minimum Gasteiger partial charge on any atom is -0.452 e. The molecule has 0 spiro atoms. The van der Waals surface area contributed by atoms with Crippen LogP contribution >= 0.6 is 0 Å². The van der Waals surface area contributed by atoms with Crippen molar-refractivity contribution in [2.24, 2.45) is 0 Å². The summed E-state index contributed by atoms with van der Waals surface area (Å²) in [5.74, 6) is -1.85. The summed E-state index contributed by atoms with van der Waals surface area (Å²) in [5.41, 5.74) is 1.33. The van der Waals surface area contributed by atoms with Crippen molar-refractivity contribution in [3.8, 4) is 0 Å². The Morgan fingerprint density at radius 2 is 1.93 bits per heavy atom. The summed E-state index contributed by atoms with van der Waals surface area (Å²) in [4.78, 5) is 24.0. The van der Waals surface area contributed by atoms with Gasteiger partial charge in [-0.2, -0.15) is 4.31 Å². The monoisotopic (exact) mass is 426 g/mol. The molecular formula is C20H27FN2O5S. The van der Waals surface area contributed by atoms with Crippen molar-refractivity contribution >= 4 is 21.9 Å². The van der Waals surface area contributed by atoms with Crippen LogP contribution in [0.15, 0.2) is 40.8 Å². The van der Waals surface area contributed by atoms with E-state index >= 15 is 0 Å². The van der Waals surface area contributed by atoms with E-state index in [2.05, 4.69) is 11.4 Å². The standard InChI is InChI=1S/C20H27FN2O5S/c1-15(20(25)22-13-12-16-6-4-3-5-7-16)28-19(24)14-23(2)29(26,27)18-10-8-17(21)9-11-18/h6,8-11,15H,3-5,7,12-14H2,1-2H3,(H,22,25)/t15-/m1/s1. The lowest BCUT2D eigenvalue weighted by molar-refractivity contribution is -0.154.